The predicted octanol–water partition coefficient (Wildman–Crippen LogP) is 2.09. The summed E-state index contributed by atoms with van der Waals surface area (Å²) in [6.07, 6.45) is 2.83. The number of amides is 1. The van der Waals surface area contributed by atoms with Crippen molar-refractivity contribution in [2.75, 3.05) is 6.61 Å². The van der Waals surface area contributed by atoms with Crippen LogP contribution in [0.5, 0.6) is 0 Å². The number of aromatic nitrogens is 2. The first kappa shape index (κ1) is 18.8. The average molecular weight is 389 g/mol. The summed E-state index contributed by atoms with van der Waals surface area (Å²) < 4.78 is 11.3. The van der Waals surface area contributed by atoms with Crippen LogP contribution in [-0.2, 0) is 20.9 Å². The van der Waals surface area contributed by atoms with Crippen molar-refractivity contribution < 1.29 is 18.7 Å². The molecule has 9 heteroatoms. The Morgan fingerprint density at radius 2 is 2.19 bits per heavy atom. The van der Waals surface area contributed by atoms with Crippen molar-refractivity contribution in [1.29, 1.82) is 0 Å². The molecule has 0 fully saturated rings. The lowest BCUT2D eigenvalue weighted by molar-refractivity contribution is -0.149. The Hall–Kier alpha value is -2.94. The molecular weight excluding hydrogens is 370 g/mol. The molecule has 0 radical (unpaired) electrons. The Morgan fingerprint density at radius 3 is 2.89 bits per heavy atom. The molecule has 3 aromatic rings. The van der Waals surface area contributed by atoms with Crippen LogP contribution in [-0.4, -0.2) is 28.0 Å². The molecule has 0 bridgehead atoms. The quantitative estimate of drug-likeness (QED) is 0.648. The van der Waals surface area contributed by atoms with Crippen LogP contribution in [0.25, 0.3) is 10.2 Å². The number of nitrogens with one attached hydrogen (secondary N) is 1. The molecule has 1 N–H and O–H groups in total. The molecule has 0 unspecified atom stereocenters. The Morgan fingerprint density at radius 1 is 1.41 bits per heavy atom. The summed E-state index contributed by atoms with van der Waals surface area (Å²) >= 11 is 1.44. The van der Waals surface area contributed by atoms with E-state index in [9.17, 15) is 14.4 Å². The van der Waals surface area contributed by atoms with E-state index >= 15 is 0 Å². The molecule has 1 amide bonds. The van der Waals surface area contributed by atoms with Crippen LogP contribution in [0.3, 0.4) is 0 Å². The third-order valence-corrected chi connectivity index (χ3v) is 5.28. The molecule has 8 nitrogen and oxygen atoms in total. The van der Waals surface area contributed by atoms with Gasteiger partial charge < -0.3 is 14.5 Å². The van der Waals surface area contributed by atoms with Gasteiger partial charge in [0.2, 0.25) is 0 Å². The van der Waals surface area contributed by atoms with Crippen LogP contribution in [0.4, 0.5) is 0 Å². The van der Waals surface area contributed by atoms with E-state index < -0.39 is 18.5 Å². The number of thiophene rings is 1. The van der Waals surface area contributed by atoms with Gasteiger partial charge in [0.1, 0.15) is 17.1 Å². The van der Waals surface area contributed by atoms with Crippen LogP contribution in [0.2, 0.25) is 0 Å². The number of rotatable bonds is 6. The molecular formula is C18H19N3O5S. The first-order valence-corrected chi connectivity index (χ1v) is 9.12. The smallest absolute Gasteiger partial charge is 0.326 e. The lowest BCUT2D eigenvalue weighted by atomic mass is 10.2. The van der Waals surface area contributed by atoms with Gasteiger partial charge in [-0.05, 0) is 38.5 Å². The maximum Gasteiger partial charge on any atom is 0.326 e. The molecule has 0 saturated carbocycles. The highest BCUT2D eigenvalue weighted by Gasteiger charge is 2.16. The number of nitrogens with zero attached hydrogens (tertiary/aromatic N) is 2. The second kappa shape index (κ2) is 7.75. The zero-order valence-electron chi connectivity index (χ0n) is 15.1. The number of hydrogen-bond donors (Lipinski definition) is 1. The van der Waals surface area contributed by atoms with Crippen LogP contribution in [0, 0.1) is 13.8 Å². The second-order valence-electron chi connectivity index (χ2n) is 6.11. The van der Waals surface area contributed by atoms with Gasteiger partial charge in [-0.15, -0.1) is 11.3 Å². The largest absolute Gasteiger partial charge is 0.467 e. The molecule has 0 aliphatic rings. The van der Waals surface area contributed by atoms with Gasteiger partial charge in [-0.1, -0.05) is 0 Å². The second-order valence-corrected chi connectivity index (χ2v) is 7.31. The summed E-state index contributed by atoms with van der Waals surface area (Å²) in [7, 11) is 0. The first-order valence-electron chi connectivity index (χ1n) is 8.30. The van der Waals surface area contributed by atoms with Crippen LogP contribution >= 0.6 is 11.3 Å². The van der Waals surface area contributed by atoms with Gasteiger partial charge in [-0.3, -0.25) is 19.0 Å². The molecule has 142 valence electrons. The van der Waals surface area contributed by atoms with Crippen molar-refractivity contribution in [3.8, 4) is 0 Å². The normalized spacial score (nSPS) is 12.1. The number of hydrogen-bond acceptors (Lipinski definition) is 7. The zero-order chi connectivity index (χ0) is 19.6. The highest BCUT2D eigenvalue weighted by molar-refractivity contribution is 7.18. The molecule has 0 aliphatic heterocycles. The minimum absolute atomic E-state index is 0.297. The predicted molar refractivity (Wildman–Crippen MR) is 99.6 cm³/mol. The molecule has 3 aromatic heterocycles. The highest BCUT2D eigenvalue weighted by atomic mass is 32.1. The fourth-order valence-corrected chi connectivity index (χ4v) is 3.59. The van der Waals surface area contributed by atoms with Crippen molar-refractivity contribution in [2.45, 2.75) is 33.4 Å². The van der Waals surface area contributed by atoms with Crippen molar-refractivity contribution in [1.82, 2.24) is 14.9 Å². The summed E-state index contributed by atoms with van der Waals surface area (Å²) in [5, 5.41) is 3.17. The molecule has 3 heterocycles. The summed E-state index contributed by atoms with van der Waals surface area (Å²) in [6.45, 7) is 4.78. The summed E-state index contributed by atoms with van der Waals surface area (Å²) in [5.74, 6) is -0.553. The van der Waals surface area contributed by atoms with E-state index in [2.05, 4.69) is 10.3 Å². The molecule has 0 saturated heterocycles. The number of furan rings is 1. The average Bonchev–Trinajstić information content (AvgIpc) is 3.25. The minimum Gasteiger partial charge on any atom is -0.467 e. The van der Waals surface area contributed by atoms with Crippen molar-refractivity contribution in [2.24, 2.45) is 0 Å². The molecule has 3 rings (SSSR count). The van der Waals surface area contributed by atoms with E-state index in [0.29, 0.717) is 16.0 Å². The lowest BCUT2D eigenvalue weighted by Gasteiger charge is -2.12. The number of esters is 1. The number of carbonyl (C=O) groups excluding carboxylic acids is 2. The highest BCUT2D eigenvalue weighted by Crippen LogP contribution is 2.25. The minimum atomic E-state index is -0.691. The van der Waals surface area contributed by atoms with E-state index in [4.69, 9.17) is 9.15 Å². The summed E-state index contributed by atoms with van der Waals surface area (Å²) in [4.78, 5) is 42.3. The van der Waals surface area contributed by atoms with Gasteiger partial charge in [0.05, 0.1) is 24.0 Å². The van der Waals surface area contributed by atoms with Gasteiger partial charge in [-0.2, -0.15) is 0 Å². The number of carbonyl (C=O) groups is 2. The van der Waals surface area contributed by atoms with E-state index in [1.165, 1.54) is 28.5 Å². The van der Waals surface area contributed by atoms with E-state index in [0.717, 1.165) is 10.4 Å². The van der Waals surface area contributed by atoms with Gasteiger partial charge in [0.15, 0.2) is 6.61 Å². The monoisotopic (exact) mass is 389 g/mol. The molecule has 0 aliphatic carbocycles. The van der Waals surface area contributed by atoms with Crippen LogP contribution in [0.15, 0.2) is 33.9 Å². The number of ether oxygens (including phenoxy) is 1. The summed E-state index contributed by atoms with van der Waals surface area (Å²) in [5.41, 5.74) is 0.566. The van der Waals surface area contributed by atoms with Crippen molar-refractivity contribution >= 4 is 33.4 Å². The first-order chi connectivity index (χ1) is 12.9. The van der Waals surface area contributed by atoms with Crippen LogP contribution < -0.4 is 10.9 Å². The fraction of sp³-hybridized carbons (Fsp3) is 0.333. The fourth-order valence-electron chi connectivity index (χ4n) is 2.61. The third kappa shape index (κ3) is 4.08. The van der Waals surface area contributed by atoms with Gasteiger partial charge in [0.25, 0.3) is 11.5 Å². The zero-order valence-corrected chi connectivity index (χ0v) is 16.0. The topological polar surface area (TPSA) is 103 Å². The molecule has 0 aromatic carbocycles. The van der Waals surface area contributed by atoms with E-state index in [-0.39, 0.29) is 18.1 Å². The Kier molecular flexibility index (Phi) is 5.41. The SMILES string of the molecule is Cc1sc2ncn(CC(=O)OCC(=O)N[C@H](C)c3ccco3)c(=O)c2c1C. The van der Waals surface area contributed by atoms with Crippen LogP contribution in [0.1, 0.15) is 29.2 Å². The molecule has 27 heavy (non-hydrogen) atoms. The maximum atomic E-state index is 12.5. The lowest BCUT2D eigenvalue weighted by Crippen LogP contribution is -2.32. The van der Waals surface area contributed by atoms with E-state index in [1.807, 2.05) is 13.8 Å². The van der Waals surface area contributed by atoms with Crippen molar-refractivity contribution in [3.63, 3.8) is 0 Å². The molecule has 1 atom stereocenters. The van der Waals surface area contributed by atoms with Gasteiger partial charge in [-0.25, -0.2) is 4.98 Å². The Bertz CT molecular complexity index is 1040. The maximum absolute atomic E-state index is 12.5. The van der Waals surface area contributed by atoms with Crippen molar-refractivity contribution in [3.05, 3.63) is 51.3 Å². The number of aryl methyl sites for hydroxylation is 2. The third-order valence-electron chi connectivity index (χ3n) is 4.17. The molecule has 0 spiro atoms. The summed E-state index contributed by atoms with van der Waals surface area (Å²) in [6, 6.07) is 3.11. The van der Waals surface area contributed by atoms with Gasteiger partial charge >= 0.3 is 5.97 Å². The Balaban J connectivity index is 1.59. The van der Waals surface area contributed by atoms with Gasteiger partial charge in [0, 0.05) is 4.88 Å². The Labute approximate surface area is 158 Å². The standard InChI is InChI=1S/C18H19N3O5S/c1-10-12(3)27-17-16(10)18(24)21(9-19-17)7-15(23)26-8-14(22)20-11(2)13-5-4-6-25-13/h4-6,9,11H,7-8H2,1-3H3,(H,20,22)/t11-/m1/s1. The number of fused-ring (bicyclic) bond motifs is 1. The van der Waals surface area contributed by atoms with E-state index in [1.54, 1.807) is 19.1 Å².